The van der Waals surface area contributed by atoms with Gasteiger partial charge in [-0.1, -0.05) is 127 Å². The number of carbonyl (C=O) groups excluding carboxylic acids is 3. The molecule has 0 saturated heterocycles. The zero-order valence-corrected chi connectivity index (χ0v) is 34.7. The number of aliphatic carboxylic acids is 1. The second kappa shape index (κ2) is 36.3. The number of likely N-dealkylation sites (N-methyl/N-ethyl adjacent to an activating group) is 1. The van der Waals surface area contributed by atoms with Gasteiger partial charge in [0.2, 0.25) is 0 Å². The van der Waals surface area contributed by atoms with Crippen LogP contribution in [-0.4, -0.2) is 75.5 Å². The zero-order chi connectivity index (χ0) is 39.3. The van der Waals surface area contributed by atoms with Gasteiger partial charge >= 0.3 is 11.9 Å². The Bertz CT molecular complexity index is 1010. The number of carboxylic acid groups (broad SMARTS) is 1. The minimum Gasteiger partial charge on any atom is -0.544 e. The van der Waals surface area contributed by atoms with Crippen molar-refractivity contribution in [2.45, 2.75) is 180 Å². The summed E-state index contributed by atoms with van der Waals surface area (Å²) in [7, 11) is 5.39. The number of ether oxygens (including phenoxy) is 3. The molecule has 0 amide bonds. The third-order valence-electron chi connectivity index (χ3n) is 9.20. The molecule has 0 aromatic carbocycles. The molecule has 0 spiro atoms. The Balaban J connectivity index is 4.41. The van der Waals surface area contributed by atoms with E-state index in [1.54, 1.807) is 21.1 Å². The van der Waals surface area contributed by atoms with E-state index in [1.165, 1.54) is 64.2 Å². The van der Waals surface area contributed by atoms with E-state index in [0.29, 0.717) is 12.8 Å². The van der Waals surface area contributed by atoms with E-state index >= 15 is 0 Å². The van der Waals surface area contributed by atoms with Crippen molar-refractivity contribution in [3.8, 4) is 0 Å². The molecule has 8 nitrogen and oxygen atoms in total. The van der Waals surface area contributed by atoms with Gasteiger partial charge in [0, 0.05) is 19.3 Å². The van der Waals surface area contributed by atoms with Crippen LogP contribution in [0.2, 0.25) is 0 Å². The van der Waals surface area contributed by atoms with E-state index in [2.05, 4.69) is 62.5 Å². The Hall–Kier alpha value is -2.71. The minimum absolute atomic E-state index is 0.0309. The Morgan fingerprint density at radius 3 is 1.58 bits per heavy atom. The normalized spacial score (nSPS) is 13.5. The van der Waals surface area contributed by atoms with E-state index in [9.17, 15) is 19.5 Å². The number of carbonyl (C=O) groups is 3. The fraction of sp³-hybridized carbons (Fsp3) is 0.756. The zero-order valence-electron chi connectivity index (χ0n) is 34.7. The molecule has 0 bridgehead atoms. The van der Waals surface area contributed by atoms with Gasteiger partial charge in [-0.05, 0) is 70.6 Å². The highest BCUT2D eigenvalue weighted by Crippen LogP contribution is 2.13. The number of allylic oxidation sites excluding steroid dienone is 8. The molecule has 0 rings (SSSR count). The van der Waals surface area contributed by atoms with Crippen molar-refractivity contribution in [3.63, 3.8) is 0 Å². The van der Waals surface area contributed by atoms with Crippen LogP contribution in [0.25, 0.3) is 0 Å². The number of nitrogens with zero attached hydrogens (tertiary/aromatic N) is 1. The first-order valence-corrected chi connectivity index (χ1v) is 21.2. The topological polar surface area (TPSA) is 102 Å². The molecule has 0 aromatic heterocycles. The Labute approximate surface area is 325 Å². The molecular formula is C45H79NO7. The molecule has 0 heterocycles. The van der Waals surface area contributed by atoms with Crippen LogP contribution in [0.4, 0.5) is 0 Å². The summed E-state index contributed by atoms with van der Waals surface area (Å²) in [6.07, 6.45) is 41.3. The van der Waals surface area contributed by atoms with Crippen LogP contribution < -0.4 is 5.11 Å². The van der Waals surface area contributed by atoms with Crippen molar-refractivity contribution >= 4 is 17.9 Å². The van der Waals surface area contributed by atoms with Crippen LogP contribution in [0.5, 0.6) is 0 Å². The second-order valence-corrected chi connectivity index (χ2v) is 15.2. The van der Waals surface area contributed by atoms with Gasteiger partial charge in [-0.15, -0.1) is 0 Å². The van der Waals surface area contributed by atoms with Crippen molar-refractivity contribution < 1.29 is 38.2 Å². The first kappa shape index (κ1) is 50.3. The standard InChI is InChI=1S/C45H79NO7/c1-6-8-10-12-14-16-18-20-22-24-26-28-30-32-34-36-44(48)53-41(39-51-38-37-42(45(49)50)46(3,4)5)40-52-43(47)35-33-31-29-27-25-23-21-19-17-15-13-11-9-7-2/h9,11,15-18,21,23,41-42H,6-8,10,12-14,19-20,22,24-40H2,1-5H3/b11-9+,17-15+,18-16+,23-21+. The molecule has 0 aliphatic carbocycles. The second-order valence-electron chi connectivity index (χ2n) is 15.2. The first-order valence-electron chi connectivity index (χ1n) is 21.2. The van der Waals surface area contributed by atoms with E-state index in [4.69, 9.17) is 14.2 Å². The van der Waals surface area contributed by atoms with E-state index in [0.717, 1.165) is 70.6 Å². The quantitative estimate of drug-likeness (QED) is 0.0270. The number of rotatable bonds is 37. The molecule has 53 heavy (non-hydrogen) atoms. The average molecular weight is 746 g/mol. The van der Waals surface area contributed by atoms with Crippen LogP contribution >= 0.6 is 0 Å². The summed E-state index contributed by atoms with van der Waals surface area (Å²) in [5.41, 5.74) is 0. The molecule has 8 heteroatoms. The molecule has 306 valence electrons. The summed E-state index contributed by atoms with van der Waals surface area (Å²) >= 11 is 0. The van der Waals surface area contributed by atoms with Crippen LogP contribution in [0.3, 0.4) is 0 Å². The van der Waals surface area contributed by atoms with Gasteiger partial charge in [0.05, 0.1) is 40.3 Å². The van der Waals surface area contributed by atoms with Crippen molar-refractivity contribution in [1.82, 2.24) is 0 Å². The highest BCUT2D eigenvalue weighted by Gasteiger charge is 2.25. The maximum Gasteiger partial charge on any atom is 0.306 e. The maximum atomic E-state index is 12.7. The van der Waals surface area contributed by atoms with Crippen molar-refractivity contribution in [2.75, 3.05) is 41.0 Å². The third kappa shape index (κ3) is 34.8. The fourth-order valence-electron chi connectivity index (χ4n) is 5.90. The molecule has 0 aliphatic heterocycles. The molecule has 0 aromatic rings. The fourth-order valence-corrected chi connectivity index (χ4v) is 5.90. The molecule has 2 atom stereocenters. The summed E-state index contributed by atoms with van der Waals surface area (Å²) in [4.78, 5) is 36.8. The number of carboxylic acids is 1. The lowest BCUT2D eigenvalue weighted by Crippen LogP contribution is -2.55. The van der Waals surface area contributed by atoms with Crippen molar-refractivity contribution in [3.05, 3.63) is 48.6 Å². The van der Waals surface area contributed by atoms with E-state index < -0.39 is 18.1 Å². The monoisotopic (exact) mass is 746 g/mol. The van der Waals surface area contributed by atoms with Gasteiger partial charge < -0.3 is 28.6 Å². The smallest absolute Gasteiger partial charge is 0.306 e. The van der Waals surface area contributed by atoms with Crippen LogP contribution in [-0.2, 0) is 28.6 Å². The maximum absolute atomic E-state index is 12.7. The molecular weight excluding hydrogens is 666 g/mol. The lowest BCUT2D eigenvalue weighted by molar-refractivity contribution is -0.889. The summed E-state index contributed by atoms with van der Waals surface area (Å²) in [5.74, 6) is -1.77. The molecule has 0 saturated carbocycles. The summed E-state index contributed by atoms with van der Waals surface area (Å²) in [5, 5.41) is 11.6. The lowest BCUT2D eigenvalue weighted by Gasteiger charge is -2.34. The number of esters is 2. The van der Waals surface area contributed by atoms with Gasteiger partial charge in [0.15, 0.2) is 6.10 Å². The van der Waals surface area contributed by atoms with Gasteiger partial charge in [0.1, 0.15) is 12.6 Å². The average Bonchev–Trinajstić information content (AvgIpc) is 3.11. The molecule has 2 unspecified atom stereocenters. The number of hydrogen-bond acceptors (Lipinski definition) is 7. The highest BCUT2D eigenvalue weighted by atomic mass is 16.6. The molecule has 0 fully saturated rings. The molecule has 0 N–H and O–H groups in total. The largest absolute Gasteiger partial charge is 0.544 e. The molecule has 0 radical (unpaired) electrons. The number of hydrogen-bond donors (Lipinski definition) is 0. The van der Waals surface area contributed by atoms with E-state index in [-0.39, 0.29) is 42.7 Å². The Kier molecular flexibility index (Phi) is 34.4. The third-order valence-corrected chi connectivity index (χ3v) is 9.20. The van der Waals surface area contributed by atoms with Gasteiger partial charge in [-0.25, -0.2) is 0 Å². The molecule has 0 aliphatic rings. The highest BCUT2D eigenvalue weighted by molar-refractivity contribution is 5.70. The summed E-state index contributed by atoms with van der Waals surface area (Å²) in [6.45, 7) is 4.50. The minimum atomic E-state index is -1.13. The SMILES string of the molecule is CC/C=C/C/C=C/C/C=C/CCCCCCC(=O)OCC(COCCC(C(=O)[O-])[N+](C)(C)C)OC(=O)CCCCCCCCC/C=C/CCCCCC. The predicted molar refractivity (Wildman–Crippen MR) is 217 cm³/mol. The lowest BCUT2D eigenvalue weighted by atomic mass is 10.1. The number of quaternary nitrogens is 1. The van der Waals surface area contributed by atoms with Gasteiger partial charge in [-0.3, -0.25) is 9.59 Å². The van der Waals surface area contributed by atoms with Crippen LogP contribution in [0.15, 0.2) is 48.6 Å². The van der Waals surface area contributed by atoms with Gasteiger partial charge in [0.25, 0.3) is 0 Å². The Morgan fingerprint density at radius 1 is 0.585 bits per heavy atom. The van der Waals surface area contributed by atoms with Crippen molar-refractivity contribution in [1.29, 1.82) is 0 Å². The van der Waals surface area contributed by atoms with Crippen molar-refractivity contribution in [2.24, 2.45) is 0 Å². The first-order chi connectivity index (χ1) is 25.6. The number of unbranched alkanes of at least 4 members (excludes halogenated alkanes) is 15. The predicted octanol–water partition coefficient (Wildman–Crippen LogP) is 9.91. The summed E-state index contributed by atoms with van der Waals surface area (Å²) < 4.78 is 17.1. The Morgan fingerprint density at radius 2 is 1.06 bits per heavy atom. The van der Waals surface area contributed by atoms with E-state index in [1.807, 2.05) is 0 Å². The van der Waals surface area contributed by atoms with Crippen LogP contribution in [0, 0.1) is 0 Å². The summed E-state index contributed by atoms with van der Waals surface area (Å²) in [6, 6.07) is -0.730. The van der Waals surface area contributed by atoms with Gasteiger partial charge in [-0.2, -0.15) is 0 Å². The van der Waals surface area contributed by atoms with Crippen LogP contribution in [0.1, 0.15) is 168 Å².